The first kappa shape index (κ1) is 18.3. The van der Waals surface area contributed by atoms with E-state index in [1.807, 2.05) is 6.07 Å². The number of allylic oxidation sites excluding steroid dienone is 1. The van der Waals surface area contributed by atoms with Crippen molar-refractivity contribution in [3.05, 3.63) is 92.1 Å². The first-order valence-electron chi connectivity index (χ1n) is 7.75. The van der Waals surface area contributed by atoms with Crippen LogP contribution in [0.3, 0.4) is 0 Å². The zero-order valence-electron chi connectivity index (χ0n) is 13.8. The Morgan fingerprint density at radius 3 is 2.52 bits per heavy atom. The Morgan fingerprint density at radius 2 is 1.89 bits per heavy atom. The maximum absolute atomic E-state index is 12.4. The second-order valence-corrected chi connectivity index (χ2v) is 6.34. The normalized spacial score (nSPS) is 11.0. The summed E-state index contributed by atoms with van der Waals surface area (Å²) >= 11 is 3.29. The third kappa shape index (κ3) is 4.02. The van der Waals surface area contributed by atoms with Crippen LogP contribution < -0.4 is 0 Å². The summed E-state index contributed by atoms with van der Waals surface area (Å²) in [6.07, 6.45) is 1.37. The van der Waals surface area contributed by atoms with Crippen molar-refractivity contribution in [2.45, 2.75) is 0 Å². The zero-order chi connectivity index (χ0) is 19.4. The van der Waals surface area contributed by atoms with Crippen molar-refractivity contribution in [1.29, 1.82) is 5.26 Å². The fourth-order valence-corrected chi connectivity index (χ4v) is 2.99. The summed E-state index contributed by atoms with van der Waals surface area (Å²) in [6, 6.07) is 18.0. The van der Waals surface area contributed by atoms with E-state index in [4.69, 9.17) is 4.42 Å². The van der Waals surface area contributed by atoms with Gasteiger partial charge in [0.1, 0.15) is 23.2 Å². The number of ketones is 1. The fraction of sp³-hybridized carbons (Fsp3) is 0. The number of hydrogen-bond acceptors (Lipinski definition) is 5. The van der Waals surface area contributed by atoms with Crippen LogP contribution >= 0.6 is 15.9 Å². The molecule has 1 aromatic heterocycles. The minimum atomic E-state index is -0.487. The van der Waals surface area contributed by atoms with Gasteiger partial charge in [-0.05, 0) is 34.1 Å². The number of non-ortho nitro benzene ring substituents is 1. The van der Waals surface area contributed by atoms with Gasteiger partial charge in [-0.25, -0.2) is 0 Å². The number of carbonyl (C=O) groups excluding carboxylic acids is 1. The average molecular weight is 423 g/mol. The van der Waals surface area contributed by atoms with Crippen LogP contribution in [0.4, 0.5) is 5.69 Å². The number of nitro benzene ring substituents is 1. The Kier molecular flexibility index (Phi) is 5.29. The molecule has 0 aliphatic carbocycles. The maximum atomic E-state index is 12.4. The molecular formula is C20H11BrN2O4. The predicted octanol–water partition coefficient (Wildman–Crippen LogP) is 5.41. The van der Waals surface area contributed by atoms with Crippen molar-refractivity contribution < 1.29 is 14.1 Å². The summed E-state index contributed by atoms with van der Waals surface area (Å²) in [5.41, 5.74) is 0.936. The number of Topliss-reactive ketones (excluding diaryl/α,β-unsaturated/α-hetero) is 1. The van der Waals surface area contributed by atoms with Crippen LogP contribution in [0.1, 0.15) is 16.1 Å². The van der Waals surface area contributed by atoms with Crippen molar-refractivity contribution in [3.63, 3.8) is 0 Å². The lowest BCUT2D eigenvalue weighted by Crippen LogP contribution is -2.01. The average Bonchev–Trinajstić information content (AvgIpc) is 3.14. The van der Waals surface area contributed by atoms with Crippen LogP contribution in [0.5, 0.6) is 0 Å². The molecule has 0 radical (unpaired) electrons. The lowest BCUT2D eigenvalue weighted by Gasteiger charge is -2.01. The van der Waals surface area contributed by atoms with Crippen LogP contribution in [0.2, 0.25) is 0 Å². The first-order chi connectivity index (χ1) is 13.0. The van der Waals surface area contributed by atoms with Crippen molar-refractivity contribution in [1.82, 2.24) is 0 Å². The van der Waals surface area contributed by atoms with Crippen LogP contribution in [0.15, 0.2) is 75.1 Å². The first-order valence-corrected chi connectivity index (χ1v) is 8.54. The van der Waals surface area contributed by atoms with Gasteiger partial charge in [0, 0.05) is 33.8 Å². The van der Waals surface area contributed by atoms with Gasteiger partial charge in [0.05, 0.1) is 4.92 Å². The highest BCUT2D eigenvalue weighted by Crippen LogP contribution is 2.33. The fourth-order valence-electron chi connectivity index (χ4n) is 2.43. The summed E-state index contributed by atoms with van der Waals surface area (Å²) in [7, 11) is 0. The Bertz CT molecular complexity index is 1090. The molecule has 0 bridgehead atoms. The second kappa shape index (κ2) is 7.81. The number of nitrogens with zero attached hydrogens (tertiary/aromatic N) is 2. The van der Waals surface area contributed by atoms with Gasteiger partial charge in [-0.15, -0.1) is 0 Å². The minimum absolute atomic E-state index is 0.0440. The lowest BCUT2D eigenvalue weighted by molar-refractivity contribution is -0.384. The number of carbonyl (C=O) groups is 1. The topological polar surface area (TPSA) is 97.1 Å². The van der Waals surface area contributed by atoms with Gasteiger partial charge in [0.25, 0.3) is 5.69 Å². The lowest BCUT2D eigenvalue weighted by atomic mass is 10.0. The highest BCUT2D eigenvalue weighted by molar-refractivity contribution is 9.10. The van der Waals surface area contributed by atoms with Gasteiger partial charge in [-0.3, -0.25) is 14.9 Å². The van der Waals surface area contributed by atoms with Gasteiger partial charge < -0.3 is 4.42 Å². The summed E-state index contributed by atoms with van der Waals surface area (Å²) in [4.78, 5) is 22.8. The van der Waals surface area contributed by atoms with Crippen LogP contribution in [-0.2, 0) is 0 Å². The van der Waals surface area contributed by atoms with Crippen molar-refractivity contribution >= 4 is 33.5 Å². The van der Waals surface area contributed by atoms with Gasteiger partial charge in [0.15, 0.2) is 0 Å². The minimum Gasteiger partial charge on any atom is -0.457 e. The molecule has 0 N–H and O–H groups in total. The molecule has 132 valence electrons. The summed E-state index contributed by atoms with van der Waals surface area (Å²) in [5.74, 6) is 0.385. The molecule has 3 rings (SSSR count). The second-order valence-electron chi connectivity index (χ2n) is 5.49. The molecular weight excluding hydrogens is 412 g/mol. The Morgan fingerprint density at radius 1 is 1.15 bits per heavy atom. The summed E-state index contributed by atoms with van der Waals surface area (Å²) < 4.78 is 6.19. The molecule has 0 fully saturated rings. The van der Waals surface area contributed by atoms with E-state index in [2.05, 4.69) is 15.9 Å². The number of hydrogen-bond donors (Lipinski definition) is 0. The van der Waals surface area contributed by atoms with Gasteiger partial charge in [0.2, 0.25) is 5.78 Å². The van der Waals surface area contributed by atoms with Crippen molar-refractivity contribution in [2.75, 3.05) is 0 Å². The van der Waals surface area contributed by atoms with Crippen molar-refractivity contribution in [2.24, 2.45) is 0 Å². The summed E-state index contributed by atoms with van der Waals surface area (Å²) in [5, 5.41) is 20.1. The number of nitro groups is 1. The molecule has 3 aromatic rings. The summed E-state index contributed by atoms with van der Waals surface area (Å²) in [6.45, 7) is 0. The smallest absolute Gasteiger partial charge is 0.270 e. The molecule has 0 amide bonds. The molecule has 7 heteroatoms. The molecule has 1 heterocycles. The molecule has 0 spiro atoms. The van der Waals surface area contributed by atoms with Crippen molar-refractivity contribution in [3.8, 4) is 17.4 Å². The number of furan rings is 1. The number of rotatable bonds is 5. The monoisotopic (exact) mass is 422 g/mol. The quantitative estimate of drug-likeness (QED) is 0.180. The van der Waals surface area contributed by atoms with Crippen LogP contribution in [0, 0.1) is 21.4 Å². The van der Waals surface area contributed by atoms with E-state index in [-0.39, 0.29) is 11.3 Å². The molecule has 2 aromatic carbocycles. The van der Waals surface area contributed by atoms with Gasteiger partial charge in [-0.2, -0.15) is 5.26 Å². The molecule has 0 aliphatic heterocycles. The molecule has 0 unspecified atom stereocenters. The maximum Gasteiger partial charge on any atom is 0.270 e. The molecule has 0 saturated heterocycles. The molecule has 0 saturated carbocycles. The SMILES string of the molecule is N#C/C(=C\c1ccc(-c2ccc([N+](=O)[O-])cc2Br)o1)C(=O)c1ccccc1. The zero-order valence-corrected chi connectivity index (χ0v) is 15.3. The predicted molar refractivity (Wildman–Crippen MR) is 103 cm³/mol. The van der Waals surface area contributed by atoms with E-state index >= 15 is 0 Å². The number of halogens is 1. The Labute approximate surface area is 162 Å². The third-order valence-electron chi connectivity index (χ3n) is 3.74. The molecule has 0 aliphatic rings. The highest BCUT2D eigenvalue weighted by Gasteiger charge is 2.15. The van der Waals surface area contributed by atoms with Crippen LogP contribution in [-0.4, -0.2) is 10.7 Å². The number of nitriles is 1. The Hall–Kier alpha value is -3.50. The third-order valence-corrected chi connectivity index (χ3v) is 4.40. The van der Waals surface area contributed by atoms with Crippen LogP contribution in [0.25, 0.3) is 17.4 Å². The highest BCUT2D eigenvalue weighted by atomic mass is 79.9. The van der Waals surface area contributed by atoms with E-state index in [0.717, 1.165) is 0 Å². The van der Waals surface area contributed by atoms with E-state index in [9.17, 15) is 20.2 Å². The van der Waals surface area contributed by atoms with E-state index in [1.54, 1.807) is 48.5 Å². The van der Waals surface area contributed by atoms with E-state index < -0.39 is 10.7 Å². The standard InChI is InChI=1S/C20H11BrN2O4/c21-18-11-15(23(25)26)6-8-17(18)19-9-7-16(27-19)10-14(12-22)20(24)13-4-2-1-3-5-13/h1-11H/b14-10+. The largest absolute Gasteiger partial charge is 0.457 e. The van der Waals surface area contributed by atoms with E-state index in [1.165, 1.54) is 18.2 Å². The molecule has 27 heavy (non-hydrogen) atoms. The molecule has 0 atom stereocenters. The van der Waals surface area contributed by atoms with Gasteiger partial charge in [-0.1, -0.05) is 30.3 Å². The van der Waals surface area contributed by atoms with E-state index in [0.29, 0.717) is 27.1 Å². The van der Waals surface area contributed by atoms with Gasteiger partial charge >= 0.3 is 0 Å². The molecule has 6 nitrogen and oxygen atoms in total. The number of benzene rings is 2. The Balaban J connectivity index is 1.91.